The van der Waals surface area contributed by atoms with Crippen LogP contribution in [0.3, 0.4) is 0 Å². The van der Waals surface area contributed by atoms with Crippen molar-refractivity contribution in [1.82, 2.24) is 4.57 Å². The van der Waals surface area contributed by atoms with Crippen molar-refractivity contribution >= 4 is 54.1 Å². The van der Waals surface area contributed by atoms with Crippen molar-refractivity contribution in [3.05, 3.63) is 139 Å². The number of nitrogens with zero attached hydrogens (tertiary/aromatic N) is 1. The second kappa shape index (κ2) is 8.06. The molecule has 0 saturated heterocycles. The number of fused-ring (bicyclic) bond motifs is 9. The molecule has 1 aromatic heterocycles. The van der Waals surface area contributed by atoms with Gasteiger partial charge in [-0.2, -0.15) is 0 Å². The fourth-order valence-corrected chi connectivity index (χ4v) is 6.35. The van der Waals surface area contributed by atoms with Crippen molar-refractivity contribution in [2.75, 3.05) is 0 Å². The molecule has 0 bridgehead atoms. The van der Waals surface area contributed by atoms with Crippen LogP contribution < -0.4 is 0 Å². The summed E-state index contributed by atoms with van der Waals surface area (Å²) in [4.78, 5) is 0. The summed E-state index contributed by atoms with van der Waals surface area (Å²) < 4.78 is 2.41. The van der Waals surface area contributed by atoms with Gasteiger partial charge in [0.05, 0.1) is 11.0 Å². The molecular weight excluding hydrogens is 458 g/mol. The molecule has 0 fully saturated rings. The minimum Gasteiger partial charge on any atom is -0.309 e. The van der Waals surface area contributed by atoms with Crippen molar-refractivity contribution in [3.8, 4) is 16.8 Å². The Morgan fingerprint density at radius 2 is 0.842 bits per heavy atom. The molecule has 0 N–H and O–H groups in total. The standard InChI is InChI=1S/C37H25N/c1-24-20-26(22-27(21-24)38-36-16-8-6-14-33(36)34-15-7-9-17-37(34)38)25-18-19-32-30-12-3-2-10-28(30)29-11-4-5-13-31(29)35(32)23-25/h2-23H,1H3. The second-order valence-corrected chi connectivity index (χ2v) is 10.3. The van der Waals surface area contributed by atoms with Crippen LogP contribution in [0.1, 0.15) is 5.56 Å². The van der Waals surface area contributed by atoms with Crippen LogP contribution >= 0.6 is 0 Å². The van der Waals surface area contributed by atoms with Gasteiger partial charge >= 0.3 is 0 Å². The van der Waals surface area contributed by atoms with Crippen LogP contribution in [-0.2, 0) is 0 Å². The number of hydrogen-bond donors (Lipinski definition) is 0. The number of para-hydroxylation sites is 2. The Kier molecular flexibility index (Phi) is 4.50. The monoisotopic (exact) mass is 483 g/mol. The van der Waals surface area contributed by atoms with Gasteiger partial charge in [0.1, 0.15) is 0 Å². The van der Waals surface area contributed by atoms with Crippen LogP contribution in [0, 0.1) is 6.92 Å². The third-order valence-electron chi connectivity index (χ3n) is 7.98. The Morgan fingerprint density at radius 1 is 0.368 bits per heavy atom. The zero-order valence-electron chi connectivity index (χ0n) is 21.1. The van der Waals surface area contributed by atoms with E-state index < -0.39 is 0 Å². The highest BCUT2D eigenvalue weighted by atomic mass is 15.0. The van der Waals surface area contributed by atoms with Gasteiger partial charge in [-0.15, -0.1) is 0 Å². The molecule has 8 aromatic rings. The third kappa shape index (κ3) is 3.06. The normalized spacial score (nSPS) is 11.8. The first-order valence-electron chi connectivity index (χ1n) is 13.2. The van der Waals surface area contributed by atoms with E-state index in [4.69, 9.17) is 0 Å². The largest absolute Gasteiger partial charge is 0.309 e. The molecule has 178 valence electrons. The van der Waals surface area contributed by atoms with Gasteiger partial charge in [-0.05, 0) is 86.3 Å². The van der Waals surface area contributed by atoms with E-state index in [1.54, 1.807) is 0 Å². The van der Waals surface area contributed by atoms with Crippen molar-refractivity contribution < 1.29 is 0 Å². The van der Waals surface area contributed by atoms with Gasteiger partial charge in [-0.25, -0.2) is 0 Å². The molecular formula is C37H25N. The van der Waals surface area contributed by atoms with Crippen molar-refractivity contribution in [2.45, 2.75) is 6.92 Å². The average Bonchev–Trinajstić information content (AvgIpc) is 3.31. The smallest absolute Gasteiger partial charge is 0.0541 e. The molecule has 8 rings (SSSR count). The van der Waals surface area contributed by atoms with E-state index in [1.807, 2.05) is 0 Å². The zero-order chi connectivity index (χ0) is 25.2. The summed E-state index contributed by atoms with van der Waals surface area (Å²) in [6.07, 6.45) is 0. The quantitative estimate of drug-likeness (QED) is 0.216. The summed E-state index contributed by atoms with van der Waals surface area (Å²) >= 11 is 0. The Labute approximate surface area is 221 Å². The number of aryl methyl sites for hydroxylation is 1. The lowest BCUT2D eigenvalue weighted by molar-refractivity contribution is 1.17. The summed E-state index contributed by atoms with van der Waals surface area (Å²) in [5.41, 5.74) is 7.40. The highest BCUT2D eigenvalue weighted by Gasteiger charge is 2.14. The summed E-state index contributed by atoms with van der Waals surface area (Å²) in [7, 11) is 0. The molecule has 0 aliphatic carbocycles. The minimum absolute atomic E-state index is 1.20. The molecule has 0 amide bonds. The zero-order valence-corrected chi connectivity index (χ0v) is 21.1. The SMILES string of the molecule is Cc1cc(-c2ccc3c4ccccc4c4ccccc4c3c2)cc(-n2c3ccccc3c3ccccc32)c1. The van der Waals surface area contributed by atoms with Gasteiger partial charge in [0.15, 0.2) is 0 Å². The van der Waals surface area contributed by atoms with E-state index in [0.29, 0.717) is 0 Å². The predicted molar refractivity (Wildman–Crippen MR) is 163 cm³/mol. The summed E-state index contributed by atoms with van der Waals surface area (Å²) in [5, 5.41) is 10.4. The molecule has 0 aliphatic heterocycles. The molecule has 0 radical (unpaired) electrons. The third-order valence-corrected chi connectivity index (χ3v) is 7.98. The van der Waals surface area contributed by atoms with Crippen LogP contribution in [-0.4, -0.2) is 4.57 Å². The van der Waals surface area contributed by atoms with Crippen LogP contribution in [0.5, 0.6) is 0 Å². The maximum absolute atomic E-state index is 2.41. The average molecular weight is 484 g/mol. The lowest BCUT2D eigenvalue weighted by Gasteiger charge is -2.14. The molecule has 1 heterocycles. The first-order chi connectivity index (χ1) is 18.8. The van der Waals surface area contributed by atoms with Crippen molar-refractivity contribution in [2.24, 2.45) is 0 Å². The Bertz CT molecular complexity index is 2110. The molecule has 1 nitrogen and oxygen atoms in total. The van der Waals surface area contributed by atoms with Crippen molar-refractivity contribution in [3.63, 3.8) is 0 Å². The Morgan fingerprint density at radius 3 is 1.42 bits per heavy atom. The minimum atomic E-state index is 1.20. The van der Waals surface area contributed by atoms with Crippen molar-refractivity contribution in [1.29, 1.82) is 0 Å². The fourth-order valence-electron chi connectivity index (χ4n) is 6.35. The fraction of sp³-hybridized carbons (Fsp3) is 0.0270. The van der Waals surface area contributed by atoms with E-state index in [2.05, 4.69) is 145 Å². The Balaban J connectivity index is 1.40. The molecule has 38 heavy (non-hydrogen) atoms. The molecule has 0 atom stereocenters. The lowest BCUT2D eigenvalue weighted by atomic mass is 9.92. The highest BCUT2D eigenvalue weighted by molar-refractivity contribution is 6.25. The van der Waals surface area contributed by atoms with E-state index in [-0.39, 0.29) is 0 Å². The maximum Gasteiger partial charge on any atom is 0.0541 e. The van der Waals surface area contributed by atoms with Gasteiger partial charge < -0.3 is 4.57 Å². The van der Waals surface area contributed by atoms with E-state index in [0.717, 1.165) is 0 Å². The Hall–Kier alpha value is -4.88. The number of hydrogen-bond acceptors (Lipinski definition) is 0. The first-order valence-corrected chi connectivity index (χ1v) is 13.2. The molecule has 0 unspecified atom stereocenters. The molecule has 7 aromatic carbocycles. The second-order valence-electron chi connectivity index (χ2n) is 10.3. The predicted octanol–water partition coefficient (Wildman–Crippen LogP) is 10.2. The molecule has 0 spiro atoms. The van der Waals surface area contributed by atoms with Crippen LogP contribution in [0.2, 0.25) is 0 Å². The van der Waals surface area contributed by atoms with Gasteiger partial charge in [-0.1, -0.05) is 103 Å². The topological polar surface area (TPSA) is 4.93 Å². The number of benzene rings is 7. The highest BCUT2D eigenvalue weighted by Crippen LogP contribution is 2.38. The van der Waals surface area contributed by atoms with E-state index >= 15 is 0 Å². The van der Waals surface area contributed by atoms with Crippen LogP contribution in [0.15, 0.2) is 133 Å². The summed E-state index contributed by atoms with van der Waals surface area (Å²) in [5.74, 6) is 0. The number of aromatic nitrogens is 1. The molecule has 0 saturated carbocycles. The summed E-state index contributed by atoms with van der Waals surface area (Å²) in [6.45, 7) is 2.20. The van der Waals surface area contributed by atoms with E-state index in [9.17, 15) is 0 Å². The maximum atomic E-state index is 2.41. The molecule has 0 aliphatic rings. The number of rotatable bonds is 2. The summed E-state index contributed by atoms with van der Waals surface area (Å²) in [6, 6.07) is 48.9. The van der Waals surface area contributed by atoms with Crippen LogP contribution in [0.25, 0.3) is 70.9 Å². The lowest BCUT2D eigenvalue weighted by Crippen LogP contribution is -1.95. The van der Waals surface area contributed by atoms with E-state index in [1.165, 1.54) is 76.5 Å². The molecule has 1 heteroatoms. The van der Waals surface area contributed by atoms with Gasteiger partial charge in [-0.3, -0.25) is 0 Å². The van der Waals surface area contributed by atoms with Crippen LogP contribution in [0.4, 0.5) is 0 Å². The van der Waals surface area contributed by atoms with Gasteiger partial charge in [0.25, 0.3) is 0 Å². The first kappa shape index (κ1) is 21.2. The van der Waals surface area contributed by atoms with Gasteiger partial charge in [0.2, 0.25) is 0 Å². The van der Waals surface area contributed by atoms with Gasteiger partial charge in [0, 0.05) is 16.5 Å².